The van der Waals surface area contributed by atoms with E-state index in [0.717, 1.165) is 16.7 Å². The molecule has 5 aromatic rings. The van der Waals surface area contributed by atoms with Crippen LogP contribution in [0.4, 0.5) is 0 Å². The van der Waals surface area contributed by atoms with Gasteiger partial charge in [-0.05, 0) is 69.2 Å². The van der Waals surface area contributed by atoms with Gasteiger partial charge in [0.1, 0.15) is 0 Å². The van der Waals surface area contributed by atoms with E-state index in [1.54, 1.807) is 21.3 Å². The van der Waals surface area contributed by atoms with E-state index in [-0.39, 0.29) is 0 Å². The minimum Gasteiger partial charge on any atom is -0.427 e. The summed E-state index contributed by atoms with van der Waals surface area (Å²) >= 11 is 0. The van der Waals surface area contributed by atoms with Gasteiger partial charge in [0.2, 0.25) is 0 Å². The van der Waals surface area contributed by atoms with Crippen LogP contribution >= 0.6 is 0 Å². The molecule has 5 rings (SSSR count). The molecule has 1 N–H and O–H groups in total. The van der Waals surface area contributed by atoms with Crippen molar-refractivity contribution in [1.82, 2.24) is 4.57 Å². The molecule has 0 aliphatic carbocycles. The lowest BCUT2D eigenvalue weighted by Gasteiger charge is -2.37. The molecule has 1 heterocycles. The molecule has 0 amide bonds. The molecule has 0 bridgehead atoms. The van der Waals surface area contributed by atoms with Gasteiger partial charge in [0.25, 0.3) is 0 Å². The molecule has 34 heavy (non-hydrogen) atoms. The molecule has 3 nitrogen and oxygen atoms in total. The third-order valence-corrected chi connectivity index (χ3v) is 6.89. The summed E-state index contributed by atoms with van der Waals surface area (Å²) in [6.45, 7) is 7.29. The second-order valence-corrected chi connectivity index (χ2v) is 9.85. The first-order chi connectivity index (χ1) is 16.2. The number of aromatic nitrogens is 1. The number of para-hydroxylation sites is 2. The Labute approximate surface area is 201 Å². The zero-order valence-corrected chi connectivity index (χ0v) is 20.1. The van der Waals surface area contributed by atoms with E-state index in [0.29, 0.717) is 0 Å². The van der Waals surface area contributed by atoms with Gasteiger partial charge in [-0.1, -0.05) is 72.2 Å². The van der Waals surface area contributed by atoms with Crippen molar-refractivity contribution in [1.29, 1.82) is 0 Å². The standard InChI is InChI=1S/C30H29BNO2/c1-29(2,33)30(3,4)34-31-23-17-14-21(15-18-23)22-16-19-28-26(20-22)25-12-8-9-13-27(25)32(28)24-10-6-5-7-11-24/h5-20,33H,1-4H3. The Morgan fingerprint density at radius 2 is 1.29 bits per heavy atom. The quantitative estimate of drug-likeness (QED) is 0.313. The lowest BCUT2D eigenvalue weighted by atomic mass is 9.82. The zero-order chi connectivity index (χ0) is 23.9. The van der Waals surface area contributed by atoms with Crippen LogP contribution in [0.3, 0.4) is 0 Å². The molecule has 0 aliphatic heterocycles. The van der Waals surface area contributed by atoms with E-state index in [9.17, 15) is 5.11 Å². The summed E-state index contributed by atoms with van der Waals surface area (Å²) in [4.78, 5) is 0. The van der Waals surface area contributed by atoms with Gasteiger partial charge in [0, 0.05) is 16.5 Å². The van der Waals surface area contributed by atoms with Crippen molar-refractivity contribution in [3.8, 4) is 16.8 Å². The molecule has 1 radical (unpaired) electrons. The molecular weight excluding hydrogens is 417 g/mol. The van der Waals surface area contributed by atoms with Gasteiger partial charge in [-0.25, -0.2) is 0 Å². The summed E-state index contributed by atoms with van der Waals surface area (Å²) in [6, 6.07) is 34.1. The summed E-state index contributed by atoms with van der Waals surface area (Å²) in [5, 5.41) is 12.8. The zero-order valence-electron chi connectivity index (χ0n) is 20.1. The number of benzene rings is 4. The predicted molar refractivity (Wildman–Crippen MR) is 143 cm³/mol. The van der Waals surface area contributed by atoms with Gasteiger partial charge in [-0.2, -0.15) is 0 Å². The molecule has 4 aromatic carbocycles. The molecule has 0 atom stereocenters. The lowest BCUT2D eigenvalue weighted by Crippen LogP contribution is -2.49. The fraction of sp³-hybridized carbons (Fsp3) is 0.200. The Morgan fingerprint density at radius 3 is 2.00 bits per heavy atom. The Kier molecular flexibility index (Phi) is 5.59. The van der Waals surface area contributed by atoms with Crippen molar-refractivity contribution in [3.05, 3.63) is 97.1 Å². The van der Waals surface area contributed by atoms with Crippen molar-refractivity contribution >= 4 is 34.8 Å². The van der Waals surface area contributed by atoms with E-state index >= 15 is 0 Å². The number of hydrogen-bond donors (Lipinski definition) is 1. The Morgan fingerprint density at radius 1 is 0.676 bits per heavy atom. The van der Waals surface area contributed by atoms with Crippen LogP contribution in [0.2, 0.25) is 0 Å². The highest BCUT2D eigenvalue weighted by Crippen LogP contribution is 2.34. The highest BCUT2D eigenvalue weighted by molar-refractivity contribution is 6.47. The number of hydrogen-bond acceptors (Lipinski definition) is 2. The highest BCUT2D eigenvalue weighted by Gasteiger charge is 2.35. The number of aliphatic hydroxyl groups is 1. The first-order valence-corrected chi connectivity index (χ1v) is 11.7. The van der Waals surface area contributed by atoms with Gasteiger partial charge in [0.05, 0.1) is 22.2 Å². The van der Waals surface area contributed by atoms with E-state index in [1.807, 2.05) is 32.0 Å². The third-order valence-electron chi connectivity index (χ3n) is 6.89. The van der Waals surface area contributed by atoms with Crippen LogP contribution < -0.4 is 5.46 Å². The van der Waals surface area contributed by atoms with Crippen molar-refractivity contribution in [2.75, 3.05) is 0 Å². The van der Waals surface area contributed by atoms with Gasteiger partial charge < -0.3 is 14.3 Å². The minimum atomic E-state index is -0.947. The second kappa shape index (κ2) is 8.46. The first kappa shape index (κ1) is 22.5. The predicted octanol–water partition coefficient (Wildman–Crippen LogP) is 6.26. The maximum absolute atomic E-state index is 10.3. The molecular formula is C30H29BNO2. The first-order valence-electron chi connectivity index (χ1n) is 11.7. The van der Waals surface area contributed by atoms with Crippen LogP contribution in [0.5, 0.6) is 0 Å². The van der Waals surface area contributed by atoms with Crippen LogP contribution in [0, 0.1) is 0 Å². The monoisotopic (exact) mass is 446 g/mol. The van der Waals surface area contributed by atoms with E-state index < -0.39 is 11.2 Å². The van der Waals surface area contributed by atoms with Crippen LogP contribution in [0.15, 0.2) is 97.1 Å². The average molecular weight is 446 g/mol. The van der Waals surface area contributed by atoms with Gasteiger partial charge in [-0.3, -0.25) is 0 Å². The van der Waals surface area contributed by atoms with Gasteiger partial charge in [-0.15, -0.1) is 0 Å². The van der Waals surface area contributed by atoms with E-state index in [2.05, 4.69) is 83.4 Å². The molecule has 0 saturated heterocycles. The Balaban J connectivity index is 1.49. The summed E-state index contributed by atoms with van der Waals surface area (Å²) in [5.74, 6) is 0. The van der Waals surface area contributed by atoms with Crippen molar-refractivity contribution in [2.45, 2.75) is 38.9 Å². The van der Waals surface area contributed by atoms with E-state index in [1.165, 1.54) is 27.4 Å². The van der Waals surface area contributed by atoms with Crippen molar-refractivity contribution in [3.63, 3.8) is 0 Å². The molecule has 0 saturated carbocycles. The Bertz CT molecular complexity index is 1450. The SMILES string of the molecule is CC(C)(O)C(C)(C)O[B]c1ccc(-c2ccc3c(c2)c2ccccc2n3-c2ccccc2)cc1. The smallest absolute Gasteiger partial charge is 0.330 e. The molecule has 1 aromatic heterocycles. The topological polar surface area (TPSA) is 34.4 Å². The van der Waals surface area contributed by atoms with Crippen LogP contribution in [-0.4, -0.2) is 28.4 Å². The fourth-order valence-corrected chi connectivity index (χ4v) is 4.12. The van der Waals surface area contributed by atoms with Crippen molar-refractivity contribution < 1.29 is 9.76 Å². The maximum atomic E-state index is 10.3. The third kappa shape index (κ3) is 4.04. The summed E-state index contributed by atoms with van der Waals surface area (Å²) in [5.41, 5.74) is 5.21. The van der Waals surface area contributed by atoms with Crippen molar-refractivity contribution in [2.24, 2.45) is 0 Å². The second-order valence-electron chi connectivity index (χ2n) is 9.85. The van der Waals surface area contributed by atoms with Gasteiger partial charge in [0.15, 0.2) is 0 Å². The number of rotatable bonds is 6. The molecule has 0 aliphatic rings. The van der Waals surface area contributed by atoms with Crippen LogP contribution in [0.25, 0.3) is 38.6 Å². The Hall–Kier alpha value is -3.34. The lowest BCUT2D eigenvalue weighted by molar-refractivity contribution is -0.0893. The molecule has 0 spiro atoms. The minimum absolute atomic E-state index is 0.691. The van der Waals surface area contributed by atoms with Gasteiger partial charge >= 0.3 is 7.48 Å². The average Bonchev–Trinajstić information content (AvgIpc) is 3.17. The number of fused-ring (bicyclic) bond motifs is 3. The summed E-state index contributed by atoms with van der Waals surface area (Å²) < 4.78 is 8.23. The normalized spacial score (nSPS) is 12.4. The van der Waals surface area contributed by atoms with E-state index in [4.69, 9.17) is 4.65 Å². The molecule has 0 fully saturated rings. The van der Waals surface area contributed by atoms with Crippen LogP contribution in [-0.2, 0) is 4.65 Å². The maximum Gasteiger partial charge on any atom is 0.330 e. The summed E-state index contributed by atoms with van der Waals surface area (Å²) in [6.07, 6.45) is 0. The number of nitrogens with zero attached hydrogens (tertiary/aromatic N) is 1. The highest BCUT2D eigenvalue weighted by atomic mass is 16.5. The molecule has 0 unspecified atom stereocenters. The van der Waals surface area contributed by atoms with Crippen LogP contribution in [0.1, 0.15) is 27.7 Å². The fourth-order valence-electron chi connectivity index (χ4n) is 4.12. The molecule has 169 valence electrons. The largest absolute Gasteiger partial charge is 0.427 e. The molecule has 4 heteroatoms. The summed E-state index contributed by atoms with van der Waals surface area (Å²) in [7, 11) is 1.72.